The summed E-state index contributed by atoms with van der Waals surface area (Å²) in [6.45, 7) is 3.64. The number of aromatic nitrogens is 1. The number of hydrogen-bond acceptors (Lipinski definition) is 4. The molecule has 0 N–H and O–H groups in total. The van der Waals surface area contributed by atoms with Crippen LogP contribution in [0.5, 0.6) is 5.88 Å². The molecule has 2 aromatic rings. The summed E-state index contributed by atoms with van der Waals surface area (Å²) in [5, 5.41) is 0. The second-order valence-electron chi connectivity index (χ2n) is 3.97. The number of nitrogens with zero attached hydrogens (tertiary/aromatic N) is 1. The zero-order valence-electron chi connectivity index (χ0n) is 10.1. The van der Waals surface area contributed by atoms with Crippen LogP contribution in [0.4, 0.5) is 0 Å². The molecule has 0 aliphatic carbocycles. The Morgan fingerprint density at radius 1 is 1.11 bits per heavy atom. The molecule has 18 heavy (non-hydrogen) atoms. The van der Waals surface area contributed by atoms with Crippen molar-refractivity contribution in [2.24, 2.45) is 0 Å². The van der Waals surface area contributed by atoms with Gasteiger partial charge in [-0.3, -0.25) is 0 Å². The molecule has 0 aliphatic heterocycles. The van der Waals surface area contributed by atoms with Crippen LogP contribution < -0.4 is 4.18 Å². The number of benzene rings is 1. The Morgan fingerprint density at radius 2 is 1.89 bits per heavy atom. The molecule has 2 rings (SSSR count). The molecule has 1 aromatic carbocycles. The first-order valence-electron chi connectivity index (χ1n) is 5.42. The maximum atomic E-state index is 12.1. The van der Waals surface area contributed by atoms with Gasteiger partial charge in [0.15, 0.2) is 0 Å². The van der Waals surface area contributed by atoms with Crippen LogP contribution in [-0.2, 0) is 10.1 Å². The largest absolute Gasteiger partial charge is 0.358 e. The molecule has 0 saturated carbocycles. The summed E-state index contributed by atoms with van der Waals surface area (Å²) in [6, 6.07) is 9.94. The minimum Gasteiger partial charge on any atom is -0.358 e. The molecule has 94 valence electrons. The molecule has 0 spiro atoms. The Balaban J connectivity index is 2.37. The van der Waals surface area contributed by atoms with E-state index in [0.29, 0.717) is 5.56 Å². The SMILES string of the molecule is Cc1ccc(S(=O)(=O)Oc2ccccn2)c(C)c1. The monoisotopic (exact) mass is 263 g/mol. The topological polar surface area (TPSA) is 56.3 Å². The molecule has 1 heterocycles. The minimum atomic E-state index is -3.82. The summed E-state index contributed by atoms with van der Waals surface area (Å²) in [6.07, 6.45) is 1.48. The molecule has 0 aliphatic rings. The van der Waals surface area contributed by atoms with Gasteiger partial charge < -0.3 is 4.18 Å². The fourth-order valence-electron chi connectivity index (χ4n) is 1.63. The van der Waals surface area contributed by atoms with Gasteiger partial charge in [-0.15, -0.1) is 0 Å². The predicted octanol–water partition coefficient (Wildman–Crippen LogP) is 2.47. The molecule has 4 nitrogen and oxygen atoms in total. The molecule has 0 atom stereocenters. The lowest BCUT2D eigenvalue weighted by atomic mass is 10.2. The van der Waals surface area contributed by atoms with E-state index in [1.807, 2.05) is 6.92 Å². The van der Waals surface area contributed by atoms with Gasteiger partial charge in [0.1, 0.15) is 4.90 Å². The van der Waals surface area contributed by atoms with Gasteiger partial charge in [0, 0.05) is 12.3 Å². The van der Waals surface area contributed by atoms with Crippen LogP contribution in [0.2, 0.25) is 0 Å². The molecule has 1 aromatic heterocycles. The Labute approximate surface area is 106 Å². The summed E-state index contributed by atoms with van der Waals surface area (Å²) < 4.78 is 29.1. The average Bonchev–Trinajstić information content (AvgIpc) is 2.29. The average molecular weight is 263 g/mol. The molecule has 0 amide bonds. The van der Waals surface area contributed by atoms with E-state index in [1.165, 1.54) is 12.3 Å². The molecule has 0 radical (unpaired) electrons. The van der Waals surface area contributed by atoms with E-state index in [1.54, 1.807) is 37.3 Å². The number of pyridine rings is 1. The summed E-state index contributed by atoms with van der Waals surface area (Å²) >= 11 is 0. The first-order valence-corrected chi connectivity index (χ1v) is 6.83. The highest BCUT2D eigenvalue weighted by atomic mass is 32.2. The predicted molar refractivity (Wildman–Crippen MR) is 68.0 cm³/mol. The minimum absolute atomic E-state index is 0.0671. The Morgan fingerprint density at radius 3 is 2.50 bits per heavy atom. The normalized spacial score (nSPS) is 11.2. The van der Waals surface area contributed by atoms with Gasteiger partial charge in [-0.05, 0) is 31.5 Å². The summed E-state index contributed by atoms with van der Waals surface area (Å²) in [5.41, 5.74) is 1.66. The fraction of sp³-hybridized carbons (Fsp3) is 0.154. The Bertz CT molecular complexity index is 651. The van der Waals surface area contributed by atoms with Gasteiger partial charge in [-0.1, -0.05) is 23.8 Å². The van der Waals surface area contributed by atoms with Crippen LogP contribution in [-0.4, -0.2) is 13.4 Å². The van der Waals surface area contributed by atoms with Crippen molar-refractivity contribution in [3.05, 3.63) is 53.7 Å². The van der Waals surface area contributed by atoms with Crippen LogP contribution in [0.1, 0.15) is 11.1 Å². The smallest absolute Gasteiger partial charge is 0.340 e. The second-order valence-corrected chi connectivity index (χ2v) is 5.49. The first-order chi connectivity index (χ1) is 8.49. The van der Waals surface area contributed by atoms with Gasteiger partial charge in [0.25, 0.3) is 0 Å². The lowest BCUT2D eigenvalue weighted by molar-refractivity contribution is 0.475. The Hall–Kier alpha value is -1.88. The lowest BCUT2D eigenvalue weighted by Gasteiger charge is -2.08. The molecular formula is C13H13NO3S. The maximum Gasteiger partial charge on any atom is 0.340 e. The van der Waals surface area contributed by atoms with Crippen molar-refractivity contribution < 1.29 is 12.6 Å². The van der Waals surface area contributed by atoms with E-state index in [0.717, 1.165) is 5.56 Å². The Kier molecular flexibility index (Phi) is 3.34. The zero-order valence-corrected chi connectivity index (χ0v) is 10.9. The quantitative estimate of drug-likeness (QED) is 0.798. The highest BCUT2D eigenvalue weighted by Gasteiger charge is 2.19. The highest BCUT2D eigenvalue weighted by Crippen LogP contribution is 2.20. The first kappa shape index (κ1) is 12.6. The third kappa shape index (κ3) is 2.68. The number of hydrogen-bond donors (Lipinski definition) is 0. The van der Waals surface area contributed by atoms with Crippen LogP contribution in [0.15, 0.2) is 47.5 Å². The van der Waals surface area contributed by atoms with Crippen molar-refractivity contribution in [2.75, 3.05) is 0 Å². The molecule has 5 heteroatoms. The summed E-state index contributed by atoms with van der Waals surface area (Å²) in [7, 11) is -3.82. The molecule has 0 unspecified atom stereocenters. The van der Waals surface area contributed by atoms with Crippen LogP contribution in [0, 0.1) is 13.8 Å². The van der Waals surface area contributed by atoms with Crippen molar-refractivity contribution in [1.82, 2.24) is 4.98 Å². The van der Waals surface area contributed by atoms with Crippen LogP contribution in [0.25, 0.3) is 0 Å². The van der Waals surface area contributed by atoms with E-state index >= 15 is 0 Å². The van der Waals surface area contributed by atoms with Crippen molar-refractivity contribution in [1.29, 1.82) is 0 Å². The summed E-state index contributed by atoms with van der Waals surface area (Å²) in [4.78, 5) is 4.00. The van der Waals surface area contributed by atoms with Gasteiger partial charge in [0.2, 0.25) is 5.88 Å². The number of aryl methyl sites for hydroxylation is 2. The van der Waals surface area contributed by atoms with Gasteiger partial charge in [0.05, 0.1) is 0 Å². The van der Waals surface area contributed by atoms with Crippen LogP contribution in [0.3, 0.4) is 0 Å². The van der Waals surface area contributed by atoms with E-state index in [-0.39, 0.29) is 10.8 Å². The van der Waals surface area contributed by atoms with Crippen molar-refractivity contribution in [3.8, 4) is 5.88 Å². The van der Waals surface area contributed by atoms with Crippen molar-refractivity contribution in [3.63, 3.8) is 0 Å². The standard InChI is InChI=1S/C13H13NO3S/c1-10-6-7-12(11(2)9-10)18(15,16)17-13-5-3-4-8-14-13/h3-9H,1-2H3. The van der Waals surface area contributed by atoms with E-state index in [2.05, 4.69) is 4.98 Å². The number of rotatable bonds is 3. The van der Waals surface area contributed by atoms with Gasteiger partial charge in [-0.25, -0.2) is 4.98 Å². The third-order valence-electron chi connectivity index (χ3n) is 2.43. The molecular weight excluding hydrogens is 250 g/mol. The zero-order chi connectivity index (χ0) is 13.2. The lowest BCUT2D eigenvalue weighted by Crippen LogP contribution is -2.12. The maximum absolute atomic E-state index is 12.1. The second kappa shape index (κ2) is 4.78. The summed E-state index contributed by atoms with van der Waals surface area (Å²) in [5.74, 6) is 0.0671. The highest BCUT2D eigenvalue weighted by molar-refractivity contribution is 7.87. The fourth-order valence-corrected chi connectivity index (χ4v) is 2.73. The van der Waals surface area contributed by atoms with E-state index in [4.69, 9.17) is 4.18 Å². The van der Waals surface area contributed by atoms with Crippen molar-refractivity contribution >= 4 is 10.1 Å². The molecule has 0 saturated heterocycles. The van der Waals surface area contributed by atoms with Crippen molar-refractivity contribution in [2.45, 2.75) is 18.7 Å². The van der Waals surface area contributed by atoms with Crippen LogP contribution >= 0.6 is 0 Å². The van der Waals surface area contributed by atoms with E-state index in [9.17, 15) is 8.42 Å². The molecule has 0 fully saturated rings. The van der Waals surface area contributed by atoms with E-state index < -0.39 is 10.1 Å². The molecule has 0 bridgehead atoms. The van der Waals surface area contributed by atoms with Gasteiger partial charge in [-0.2, -0.15) is 8.42 Å². The van der Waals surface area contributed by atoms with Gasteiger partial charge >= 0.3 is 10.1 Å². The third-order valence-corrected chi connectivity index (χ3v) is 3.82.